The van der Waals surface area contributed by atoms with Gasteiger partial charge in [0.2, 0.25) is 0 Å². The number of hydrogen-bond acceptors (Lipinski definition) is 15. The van der Waals surface area contributed by atoms with Crippen LogP contribution in [0.1, 0.15) is 407 Å². The molecule has 0 rings (SSSR count). The molecule has 0 amide bonds. The number of rotatable bonds is 77. The van der Waals surface area contributed by atoms with E-state index in [4.69, 9.17) is 37.0 Å². The van der Waals surface area contributed by atoms with E-state index in [0.29, 0.717) is 25.7 Å². The smallest absolute Gasteiger partial charge is 0.462 e. The van der Waals surface area contributed by atoms with Gasteiger partial charge in [0.1, 0.15) is 19.3 Å². The molecule has 0 aromatic carbocycles. The Balaban J connectivity index is 5.18. The summed E-state index contributed by atoms with van der Waals surface area (Å²) in [5, 5.41) is 10.6. The van der Waals surface area contributed by atoms with Gasteiger partial charge in [0.25, 0.3) is 0 Å². The fourth-order valence-electron chi connectivity index (χ4n) is 11.8. The lowest BCUT2D eigenvalue weighted by Crippen LogP contribution is -2.30. The minimum absolute atomic E-state index is 0.107. The van der Waals surface area contributed by atoms with Gasteiger partial charge in [0.15, 0.2) is 12.2 Å². The van der Waals surface area contributed by atoms with Gasteiger partial charge in [0, 0.05) is 25.7 Å². The molecule has 570 valence electrons. The van der Waals surface area contributed by atoms with Gasteiger partial charge in [-0.2, -0.15) is 0 Å². The van der Waals surface area contributed by atoms with E-state index in [-0.39, 0.29) is 25.7 Å². The predicted molar refractivity (Wildman–Crippen MR) is 391 cm³/mol. The fraction of sp³-hybridized carbons (Fsp3) is 0.948. The largest absolute Gasteiger partial charge is 0.472 e. The van der Waals surface area contributed by atoms with Crippen molar-refractivity contribution in [2.24, 2.45) is 5.92 Å². The Kier molecular flexibility index (Phi) is 68.7. The van der Waals surface area contributed by atoms with Crippen molar-refractivity contribution in [3.05, 3.63) is 0 Å². The molecule has 3 N–H and O–H groups in total. The molecule has 0 saturated carbocycles. The first-order valence-electron chi connectivity index (χ1n) is 40.2. The van der Waals surface area contributed by atoms with Crippen LogP contribution in [-0.2, 0) is 65.4 Å². The lowest BCUT2D eigenvalue weighted by molar-refractivity contribution is -0.161. The molecule has 0 fully saturated rings. The van der Waals surface area contributed by atoms with Crippen molar-refractivity contribution in [2.75, 3.05) is 39.6 Å². The third kappa shape index (κ3) is 69.2. The average molecular weight is 1410 g/mol. The SMILES string of the molecule is CCCCCCCCCCCCCCCC(=O)OC[C@H](COP(=O)(O)OC[C@@H](O)COP(=O)(O)OC[C@@H](COC(=O)CCCCCCCCCCCC)OC(=O)CCCCCCCCCCCCC)OC(=O)CCCCCCCCCCCCCCCCCCCCC(C)CC. The topological polar surface area (TPSA) is 237 Å². The Labute approximate surface area is 588 Å². The quantitative estimate of drug-likeness (QED) is 0.0222. The van der Waals surface area contributed by atoms with Gasteiger partial charge in [-0.25, -0.2) is 9.13 Å². The van der Waals surface area contributed by atoms with Crippen LogP contribution < -0.4 is 0 Å². The van der Waals surface area contributed by atoms with Crippen LogP contribution in [0.5, 0.6) is 0 Å². The van der Waals surface area contributed by atoms with Crippen molar-refractivity contribution in [2.45, 2.75) is 425 Å². The number of carbonyl (C=O) groups excluding carboxylic acids is 4. The predicted octanol–water partition coefficient (Wildman–Crippen LogP) is 22.9. The van der Waals surface area contributed by atoms with E-state index in [9.17, 15) is 43.2 Å². The minimum atomic E-state index is -4.96. The maximum atomic E-state index is 13.1. The first-order valence-corrected chi connectivity index (χ1v) is 43.2. The molecule has 0 spiro atoms. The van der Waals surface area contributed by atoms with Crippen LogP contribution in [0.2, 0.25) is 0 Å². The normalized spacial score (nSPS) is 14.2. The first kappa shape index (κ1) is 94.1. The number of phosphoric acid groups is 2. The van der Waals surface area contributed by atoms with Gasteiger partial charge in [-0.15, -0.1) is 0 Å². The molecule has 0 aromatic rings. The standard InChI is InChI=1S/C77H150O17P2/c1-6-10-13-16-19-22-25-32-37-41-46-51-56-61-75(80)88-67-73(94-77(82)63-58-53-48-43-38-34-31-29-27-26-28-30-33-36-39-44-49-54-59-70(5)9-4)69-92-96(85,86)90-65-71(78)64-89-95(83,84)91-68-72(66-87-74(79)60-55-50-45-40-24-21-18-15-12-8-3)93-76(81)62-57-52-47-42-35-23-20-17-14-11-7-2/h70-73,78H,6-69H2,1-5H3,(H,83,84)(H,85,86)/t70?,71-,72+,73+/m0/s1. The Hall–Kier alpha value is -1.94. The van der Waals surface area contributed by atoms with Gasteiger partial charge in [0.05, 0.1) is 26.4 Å². The maximum Gasteiger partial charge on any atom is 0.472 e. The number of aliphatic hydroxyl groups is 1. The lowest BCUT2D eigenvalue weighted by Gasteiger charge is -2.21. The van der Waals surface area contributed by atoms with E-state index in [1.807, 2.05) is 0 Å². The molecular weight excluding hydrogens is 1260 g/mol. The van der Waals surface area contributed by atoms with Crippen LogP contribution >= 0.6 is 15.6 Å². The van der Waals surface area contributed by atoms with Crippen LogP contribution in [0.15, 0.2) is 0 Å². The molecule has 6 atom stereocenters. The van der Waals surface area contributed by atoms with Crippen molar-refractivity contribution in [1.82, 2.24) is 0 Å². The van der Waals surface area contributed by atoms with E-state index >= 15 is 0 Å². The Morgan fingerprint density at radius 3 is 0.740 bits per heavy atom. The van der Waals surface area contributed by atoms with Gasteiger partial charge in [-0.1, -0.05) is 356 Å². The second-order valence-corrected chi connectivity index (χ2v) is 30.9. The molecule has 0 saturated heterocycles. The first-order chi connectivity index (χ1) is 46.6. The average Bonchev–Trinajstić information content (AvgIpc) is 1.42. The van der Waals surface area contributed by atoms with E-state index in [1.54, 1.807) is 0 Å². The van der Waals surface area contributed by atoms with Gasteiger partial charge >= 0.3 is 39.5 Å². The molecule has 0 bridgehead atoms. The Morgan fingerprint density at radius 2 is 0.500 bits per heavy atom. The zero-order valence-electron chi connectivity index (χ0n) is 62.5. The number of esters is 4. The fourth-order valence-corrected chi connectivity index (χ4v) is 13.4. The van der Waals surface area contributed by atoms with E-state index in [2.05, 4.69) is 34.6 Å². The number of hydrogen-bond donors (Lipinski definition) is 3. The number of carbonyl (C=O) groups is 4. The number of unbranched alkanes of at least 4 members (excludes halogenated alkanes) is 48. The van der Waals surface area contributed by atoms with Crippen LogP contribution in [0.3, 0.4) is 0 Å². The monoisotopic (exact) mass is 1410 g/mol. The van der Waals surface area contributed by atoms with Crippen LogP contribution in [0, 0.1) is 5.92 Å². The van der Waals surface area contributed by atoms with E-state index in [0.717, 1.165) is 95.8 Å². The summed E-state index contributed by atoms with van der Waals surface area (Å²) < 4.78 is 68.5. The summed E-state index contributed by atoms with van der Waals surface area (Å²) in [5.41, 5.74) is 0. The highest BCUT2D eigenvalue weighted by atomic mass is 31.2. The van der Waals surface area contributed by atoms with Crippen molar-refractivity contribution in [3.63, 3.8) is 0 Å². The molecule has 19 heteroatoms. The zero-order valence-corrected chi connectivity index (χ0v) is 64.3. The lowest BCUT2D eigenvalue weighted by atomic mass is 9.99. The minimum Gasteiger partial charge on any atom is -0.462 e. The third-order valence-corrected chi connectivity index (χ3v) is 20.3. The van der Waals surface area contributed by atoms with Gasteiger partial charge in [-0.3, -0.25) is 37.3 Å². The Bertz CT molecular complexity index is 1840. The zero-order chi connectivity index (χ0) is 70.5. The summed E-state index contributed by atoms with van der Waals surface area (Å²) in [4.78, 5) is 72.8. The summed E-state index contributed by atoms with van der Waals surface area (Å²) in [5.74, 6) is -1.24. The van der Waals surface area contributed by atoms with E-state index < -0.39 is 97.5 Å². The highest BCUT2D eigenvalue weighted by Crippen LogP contribution is 2.45. The molecule has 96 heavy (non-hydrogen) atoms. The highest BCUT2D eigenvalue weighted by Gasteiger charge is 2.30. The molecule has 0 aliphatic carbocycles. The summed E-state index contributed by atoms with van der Waals surface area (Å²) in [7, 11) is -9.91. The summed E-state index contributed by atoms with van der Waals surface area (Å²) in [6.07, 6.45) is 59.5. The third-order valence-electron chi connectivity index (χ3n) is 18.4. The van der Waals surface area contributed by atoms with Crippen LogP contribution in [0.4, 0.5) is 0 Å². The molecule has 0 heterocycles. The number of phosphoric ester groups is 2. The number of aliphatic hydroxyl groups excluding tert-OH is 1. The second-order valence-electron chi connectivity index (χ2n) is 28.0. The number of ether oxygens (including phenoxy) is 4. The summed E-state index contributed by atoms with van der Waals surface area (Å²) in [6, 6.07) is 0. The van der Waals surface area contributed by atoms with Crippen molar-refractivity contribution in [1.29, 1.82) is 0 Å². The molecule has 0 aromatic heterocycles. The highest BCUT2D eigenvalue weighted by molar-refractivity contribution is 7.47. The molecule has 0 radical (unpaired) electrons. The molecule has 0 aliphatic heterocycles. The Morgan fingerprint density at radius 1 is 0.292 bits per heavy atom. The van der Waals surface area contributed by atoms with Gasteiger partial charge < -0.3 is 33.8 Å². The van der Waals surface area contributed by atoms with E-state index in [1.165, 1.54) is 231 Å². The van der Waals surface area contributed by atoms with Crippen LogP contribution in [-0.4, -0.2) is 96.7 Å². The molecule has 3 unspecified atom stereocenters. The maximum absolute atomic E-state index is 13.1. The summed E-state index contributed by atoms with van der Waals surface area (Å²) in [6.45, 7) is 7.35. The van der Waals surface area contributed by atoms with Crippen LogP contribution in [0.25, 0.3) is 0 Å². The molecule has 0 aliphatic rings. The van der Waals surface area contributed by atoms with Crippen molar-refractivity contribution in [3.8, 4) is 0 Å². The van der Waals surface area contributed by atoms with Gasteiger partial charge in [-0.05, 0) is 31.6 Å². The second kappa shape index (κ2) is 70.1. The molecule has 17 nitrogen and oxygen atoms in total. The van der Waals surface area contributed by atoms with Crippen molar-refractivity contribution < 1.29 is 80.2 Å². The summed E-state index contributed by atoms with van der Waals surface area (Å²) >= 11 is 0. The van der Waals surface area contributed by atoms with Crippen molar-refractivity contribution >= 4 is 39.5 Å². The molecular formula is C77H150O17P2.